The maximum absolute atomic E-state index is 4.71. The molecule has 1 aliphatic heterocycles. The predicted octanol–water partition coefficient (Wildman–Crippen LogP) is 3.40. The normalized spacial score (nSPS) is 21.8. The molecular weight excluding hydrogens is 248 g/mol. The van der Waals surface area contributed by atoms with Gasteiger partial charge in [0.2, 0.25) is 5.95 Å². The first-order valence-corrected chi connectivity index (χ1v) is 8.17. The Morgan fingerprint density at radius 3 is 2.45 bits per heavy atom. The summed E-state index contributed by atoms with van der Waals surface area (Å²) in [6.45, 7) is 2.25. The Kier molecular flexibility index (Phi) is 4.38. The Bertz CT molecular complexity index is 451. The summed E-state index contributed by atoms with van der Waals surface area (Å²) in [5, 5.41) is 4.55. The third kappa shape index (κ3) is 3.22. The summed E-state index contributed by atoms with van der Waals surface area (Å²) in [6.07, 6.45) is 15.2. The van der Waals surface area contributed by atoms with Crippen molar-refractivity contribution in [2.24, 2.45) is 13.0 Å². The molecule has 0 unspecified atom stereocenters. The largest absolute Gasteiger partial charge is 0.341 e. The number of hydrogen-bond donors (Lipinski definition) is 0. The van der Waals surface area contributed by atoms with Crippen LogP contribution in [0.3, 0.4) is 0 Å². The maximum Gasteiger partial charge on any atom is 0.224 e. The number of aryl methyl sites for hydroxylation is 1. The van der Waals surface area contributed by atoms with Crippen molar-refractivity contribution in [1.82, 2.24) is 14.8 Å². The monoisotopic (exact) mass is 274 g/mol. The smallest absolute Gasteiger partial charge is 0.224 e. The van der Waals surface area contributed by atoms with Crippen LogP contribution < -0.4 is 4.90 Å². The molecule has 1 saturated heterocycles. The lowest BCUT2D eigenvalue weighted by Crippen LogP contribution is -2.31. The molecule has 3 rings (SSSR count). The summed E-state index contributed by atoms with van der Waals surface area (Å²) in [5.74, 6) is 2.65. The minimum absolute atomic E-state index is 0.742. The highest BCUT2D eigenvalue weighted by Crippen LogP contribution is 2.25. The summed E-state index contributed by atoms with van der Waals surface area (Å²) in [6, 6.07) is 0. The van der Waals surface area contributed by atoms with Gasteiger partial charge in [-0.1, -0.05) is 25.3 Å². The molecule has 110 valence electrons. The molecule has 0 amide bonds. The highest BCUT2D eigenvalue weighted by molar-refractivity contribution is 5.44. The van der Waals surface area contributed by atoms with Crippen molar-refractivity contribution in [3.8, 4) is 0 Å². The third-order valence-electron chi connectivity index (χ3n) is 4.56. The number of anilines is 1. The van der Waals surface area contributed by atoms with Crippen LogP contribution in [0.5, 0.6) is 0 Å². The number of nitrogens with zero attached hydrogens (tertiary/aromatic N) is 4. The molecule has 1 aromatic heterocycles. The molecular formula is C16H26N4. The minimum atomic E-state index is 0.742. The Hall–Kier alpha value is -1.32. The summed E-state index contributed by atoms with van der Waals surface area (Å²) >= 11 is 0. The Morgan fingerprint density at radius 1 is 1.00 bits per heavy atom. The van der Waals surface area contributed by atoms with Gasteiger partial charge in [0.15, 0.2) is 5.82 Å². The van der Waals surface area contributed by atoms with Crippen molar-refractivity contribution < 1.29 is 0 Å². The van der Waals surface area contributed by atoms with Gasteiger partial charge in [0.05, 0.1) is 0 Å². The van der Waals surface area contributed by atoms with Crippen LogP contribution in [0.4, 0.5) is 5.95 Å². The first kappa shape index (κ1) is 13.7. The fourth-order valence-electron chi connectivity index (χ4n) is 3.38. The molecule has 2 heterocycles. The van der Waals surface area contributed by atoms with E-state index in [0.29, 0.717) is 0 Å². The third-order valence-corrected chi connectivity index (χ3v) is 4.56. The molecule has 1 aromatic rings. The molecule has 2 aliphatic rings. The first-order valence-electron chi connectivity index (χ1n) is 8.17. The number of hydrogen-bond acceptors (Lipinski definition) is 3. The first-order chi connectivity index (χ1) is 9.83. The lowest BCUT2D eigenvalue weighted by atomic mass is 9.89. The molecule has 2 fully saturated rings. The molecule has 20 heavy (non-hydrogen) atoms. The van der Waals surface area contributed by atoms with Crippen molar-refractivity contribution in [3.05, 3.63) is 11.9 Å². The molecule has 1 aliphatic carbocycles. The summed E-state index contributed by atoms with van der Waals surface area (Å²) in [4.78, 5) is 7.08. The zero-order chi connectivity index (χ0) is 13.8. The Labute approximate surface area is 121 Å². The van der Waals surface area contributed by atoms with E-state index in [2.05, 4.69) is 22.2 Å². The molecule has 0 radical (unpaired) electrons. The van der Waals surface area contributed by atoms with Crippen molar-refractivity contribution in [3.63, 3.8) is 0 Å². The number of allylic oxidation sites excluding steroid dienone is 1. The molecule has 0 spiro atoms. The van der Waals surface area contributed by atoms with E-state index in [1.165, 1.54) is 51.4 Å². The van der Waals surface area contributed by atoms with Crippen LogP contribution in [0, 0.1) is 5.92 Å². The number of piperidine rings is 1. The van der Waals surface area contributed by atoms with Crippen molar-refractivity contribution in [1.29, 1.82) is 0 Å². The quantitative estimate of drug-likeness (QED) is 0.847. The number of rotatable bonds is 3. The zero-order valence-corrected chi connectivity index (χ0v) is 12.6. The zero-order valence-electron chi connectivity index (χ0n) is 12.6. The highest BCUT2D eigenvalue weighted by Gasteiger charge is 2.17. The van der Waals surface area contributed by atoms with Crippen LogP contribution >= 0.6 is 0 Å². The van der Waals surface area contributed by atoms with Gasteiger partial charge in [0.25, 0.3) is 0 Å². The predicted molar refractivity (Wildman–Crippen MR) is 82.7 cm³/mol. The SMILES string of the molecule is Cn1nc(C=CC2CCCCC2)nc1N1CCCCC1. The van der Waals surface area contributed by atoms with E-state index < -0.39 is 0 Å². The van der Waals surface area contributed by atoms with Gasteiger partial charge in [0.1, 0.15) is 0 Å². The van der Waals surface area contributed by atoms with Crippen LogP contribution in [0.25, 0.3) is 6.08 Å². The van der Waals surface area contributed by atoms with Crippen molar-refractivity contribution >= 4 is 12.0 Å². The molecule has 4 heteroatoms. The fourth-order valence-corrected chi connectivity index (χ4v) is 3.38. The van der Waals surface area contributed by atoms with Crippen molar-refractivity contribution in [2.45, 2.75) is 51.4 Å². The molecule has 0 bridgehead atoms. The lowest BCUT2D eigenvalue weighted by molar-refractivity contribution is 0.420. The molecule has 0 aromatic carbocycles. The van der Waals surface area contributed by atoms with E-state index in [1.807, 2.05) is 11.7 Å². The average molecular weight is 274 g/mol. The summed E-state index contributed by atoms with van der Waals surface area (Å²) in [7, 11) is 2.01. The summed E-state index contributed by atoms with van der Waals surface area (Å²) in [5.41, 5.74) is 0. The highest BCUT2D eigenvalue weighted by atomic mass is 15.4. The fraction of sp³-hybridized carbons (Fsp3) is 0.750. The lowest BCUT2D eigenvalue weighted by Gasteiger charge is -2.26. The molecule has 4 nitrogen and oxygen atoms in total. The topological polar surface area (TPSA) is 34.0 Å². The average Bonchev–Trinajstić information content (AvgIpc) is 2.88. The van der Waals surface area contributed by atoms with E-state index in [0.717, 1.165) is 30.8 Å². The van der Waals surface area contributed by atoms with Gasteiger partial charge in [-0.3, -0.25) is 0 Å². The second-order valence-corrected chi connectivity index (χ2v) is 6.20. The molecule has 1 saturated carbocycles. The van der Waals surface area contributed by atoms with Gasteiger partial charge < -0.3 is 4.90 Å². The molecule has 0 atom stereocenters. The van der Waals surface area contributed by atoms with Gasteiger partial charge in [-0.2, -0.15) is 10.1 Å². The second kappa shape index (κ2) is 6.42. The van der Waals surface area contributed by atoms with E-state index in [-0.39, 0.29) is 0 Å². The van der Waals surface area contributed by atoms with Gasteiger partial charge in [-0.05, 0) is 44.1 Å². The Balaban J connectivity index is 1.66. The second-order valence-electron chi connectivity index (χ2n) is 6.20. The van der Waals surface area contributed by atoms with E-state index in [9.17, 15) is 0 Å². The van der Waals surface area contributed by atoms with E-state index >= 15 is 0 Å². The van der Waals surface area contributed by atoms with Gasteiger partial charge in [-0.15, -0.1) is 0 Å². The van der Waals surface area contributed by atoms with Crippen LogP contribution in [-0.2, 0) is 7.05 Å². The standard InChI is InChI=1S/C16H26N4/c1-19-16(20-12-6-3-7-13-20)17-15(18-19)11-10-14-8-4-2-5-9-14/h10-11,14H,2-9,12-13H2,1H3. The van der Waals surface area contributed by atoms with Crippen LogP contribution in [0.15, 0.2) is 6.08 Å². The van der Waals surface area contributed by atoms with Gasteiger partial charge in [0, 0.05) is 20.1 Å². The van der Waals surface area contributed by atoms with Crippen molar-refractivity contribution in [2.75, 3.05) is 18.0 Å². The Morgan fingerprint density at radius 2 is 1.70 bits per heavy atom. The van der Waals surface area contributed by atoms with Gasteiger partial charge in [-0.25, -0.2) is 4.68 Å². The van der Waals surface area contributed by atoms with E-state index in [4.69, 9.17) is 4.98 Å². The minimum Gasteiger partial charge on any atom is -0.341 e. The van der Waals surface area contributed by atoms with Crippen LogP contribution in [0.2, 0.25) is 0 Å². The van der Waals surface area contributed by atoms with Gasteiger partial charge >= 0.3 is 0 Å². The van der Waals surface area contributed by atoms with Crippen LogP contribution in [-0.4, -0.2) is 27.9 Å². The maximum atomic E-state index is 4.71. The molecule has 0 N–H and O–H groups in total. The summed E-state index contributed by atoms with van der Waals surface area (Å²) < 4.78 is 1.94. The van der Waals surface area contributed by atoms with Crippen LogP contribution in [0.1, 0.15) is 57.2 Å². The van der Waals surface area contributed by atoms with E-state index in [1.54, 1.807) is 0 Å². The number of aromatic nitrogens is 3.